The number of nitrogens with zero attached hydrogens (tertiary/aromatic N) is 2. The zero-order chi connectivity index (χ0) is 14.7. The Morgan fingerprint density at radius 2 is 1.62 bits per heavy atom. The van der Waals surface area contributed by atoms with Crippen LogP contribution in [0.2, 0.25) is 0 Å². The third-order valence-electron chi connectivity index (χ3n) is 3.47. The molecule has 0 fully saturated rings. The van der Waals surface area contributed by atoms with Crippen molar-refractivity contribution < 1.29 is 4.74 Å². The molecular formula is C18H18N2O. The first-order valence-electron chi connectivity index (χ1n) is 7.02. The second-order valence-corrected chi connectivity index (χ2v) is 5.08. The van der Waals surface area contributed by atoms with Crippen LogP contribution in [0.4, 0.5) is 0 Å². The summed E-state index contributed by atoms with van der Waals surface area (Å²) in [7, 11) is 0. The summed E-state index contributed by atoms with van der Waals surface area (Å²) in [6.45, 7) is 4.71. The maximum atomic E-state index is 5.75. The highest BCUT2D eigenvalue weighted by molar-refractivity contribution is 5.34. The van der Waals surface area contributed by atoms with E-state index in [1.807, 2.05) is 42.5 Å². The van der Waals surface area contributed by atoms with E-state index in [9.17, 15) is 0 Å². The summed E-state index contributed by atoms with van der Waals surface area (Å²) in [6.07, 6.45) is 1.77. The molecule has 3 aromatic rings. The van der Waals surface area contributed by atoms with Crippen molar-refractivity contribution in [1.29, 1.82) is 0 Å². The lowest BCUT2D eigenvalue weighted by Gasteiger charge is -2.10. The lowest BCUT2D eigenvalue weighted by atomic mass is 10.2. The summed E-state index contributed by atoms with van der Waals surface area (Å²) >= 11 is 0. The summed E-state index contributed by atoms with van der Waals surface area (Å²) in [5.74, 6) is 1.70. The van der Waals surface area contributed by atoms with E-state index in [1.165, 1.54) is 11.4 Å². The topological polar surface area (TPSA) is 27.1 Å². The Hall–Kier alpha value is -2.55. The smallest absolute Gasteiger partial charge is 0.138 e. The number of ether oxygens (including phenoxy) is 1. The van der Waals surface area contributed by atoms with Gasteiger partial charge in [0.25, 0.3) is 0 Å². The molecule has 21 heavy (non-hydrogen) atoms. The minimum Gasteiger partial charge on any atom is -0.487 e. The second kappa shape index (κ2) is 5.83. The fourth-order valence-electron chi connectivity index (χ4n) is 2.36. The third-order valence-corrected chi connectivity index (χ3v) is 3.47. The third kappa shape index (κ3) is 2.97. The van der Waals surface area contributed by atoms with Gasteiger partial charge in [-0.05, 0) is 43.7 Å². The van der Waals surface area contributed by atoms with E-state index in [2.05, 4.69) is 35.5 Å². The molecule has 2 aromatic heterocycles. The van der Waals surface area contributed by atoms with Crippen molar-refractivity contribution in [2.24, 2.45) is 0 Å². The van der Waals surface area contributed by atoms with Gasteiger partial charge >= 0.3 is 0 Å². The number of hydrogen-bond acceptors (Lipinski definition) is 2. The fraction of sp³-hybridized carbons (Fsp3) is 0.167. The molecule has 0 amide bonds. The van der Waals surface area contributed by atoms with Gasteiger partial charge in [0.1, 0.15) is 18.2 Å². The molecule has 3 heteroatoms. The molecule has 0 unspecified atom stereocenters. The van der Waals surface area contributed by atoms with Crippen LogP contribution in [0.15, 0.2) is 60.8 Å². The number of pyridine rings is 1. The van der Waals surface area contributed by atoms with E-state index < -0.39 is 0 Å². The molecule has 0 saturated carbocycles. The van der Waals surface area contributed by atoms with Gasteiger partial charge in [-0.2, -0.15) is 0 Å². The Balaban J connectivity index is 1.73. The summed E-state index contributed by atoms with van der Waals surface area (Å²) in [4.78, 5) is 4.49. The van der Waals surface area contributed by atoms with Crippen LogP contribution in [0, 0.1) is 13.8 Å². The molecule has 0 N–H and O–H groups in total. The quantitative estimate of drug-likeness (QED) is 0.719. The molecule has 0 aliphatic carbocycles. The Morgan fingerprint density at radius 3 is 2.24 bits per heavy atom. The van der Waals surface area contributed by atoms with Gasteiger partial charge in [-0.3, -0.25) is 0 Å². The van der Waals surface area contributed by atoms with Crippen LogP contribution in [0.1, 0.15) is 17.0 Å². The lowest BCUT2D eigenvalue weighted by molar-refractivity contribution is 0.305. The molecule has 3 nitrogen and oxygen atoms in total. The van der Waals surface area contributed by atoms with Crippen molar-refractivity contribution in [3.63, 3.8) is 0 Å². The van der Waals surface area contributed by atoms with Gasteiger partial charge < -0.3 is 9.30 Å². The van der Waals surface area contributed by atoms with Crippen LogP contribution in [-0.4, -0.2) is 9.55 Å². The van der Waals surface area contributed by atoms with Gasteiger partial charge in [0.05, 0.1) is 6.20 Å². The number of rotatable bonds is 4. The zero-order valence-corrected chi connectivity index (χ0v) is 12.3. The first-order chi connectivity index (χ1) is 10.2. The van der Waals surface area contributed by atoms with Crippen molar-refractivity contribution in [3.8, 4) is 11.6 Å². The largest absolute Gasteiger partial charge is 0.487 e. The Bertz CT molecular complexity index is 695. The summed E-state index contributed by atoms with van der Waals surface area (Å²) in [6, 6.07) is 18.3. The highest BCUT2D eigenvalue weighted by atomic mass is 16.5. The van der Waals surface area contributed by atoms with Crippen LogP contribution >= 0.6 is 0 Å². The van der Waals surface area contributed by atoms with Crippen molar-refractivity contribution in [2.45, 2.75) is 20.5 Å². The van der Waals surface area contributed by atoms with Crippen LogP contribution in [0.25, 0.3) is 5.82 Å². The Morgan fingerprint density at radius 1 is 0.905 bits per heavy atom. The molecule has 106 valence electrons. The van der Waals surface area contributed by atoms with Crippen LogP contribution in [0.3, 0.4) is 0 Å². The summed E-state index contributed by atoms with van der Waals surface area (Å²) in [5, 5.41) is 0. The van der Waals surface area contributed by atoms with Gasteiger partial charge in [0.2, 0.25) is 0 Å². The van der Waals surface area contributed by atoms with Gasteiger partial charge in [-0.15, -0.1) is 0 Å². The Labute approximate surface area is 124 Å². The highest BCUT2D eigenvalue weighted by Crippen LogP contribution is 2.17. The average Bonchev–Trinajstić information content (AvgIpc) is 2.86. The molecule has 1 aromatic carbocycles. The normalized spacial score (nSPS) is 10.6. The Kier molecular flexibility index (Phi) is 3.73. The fourth-order valence-corrected chi connectivity index (χ4v) is 2.36. The molecule has 0 radical (unpaired) electrons. The predicted molar refractivity (Wildman–Crippen MR) is 83.8 cm³/mol. The zero-order valence-electron chi connectivity index (χ0n) is 12.3. The van der Waals surface area contributed by atoms with E-state index in [0.29, 0.717) is 6.61 Å². The van der Waals surface area contributed by atoms with E-state index >= 15 is 0 Å². The SMILES string of the molecule is Cc1ccc(C)n1-c1ccc(OCc2ccccc2)cn1. The van der Waals surface area contributed by atoms with Crippen molar-refractivity contribution in [2.75, 3.05) is 0 Å². The van der Waals surface area contributed by atoms with Gasteiger partial charge in [0, 0.05) is 11.4 Å². The number of aromatic nitrogens is 2. The second-order valence-electron chi connectivity index (χ2n) is 5.08. The minimum atomic E-state index is 0.559. The molecule has 3 rings (SSSR count). The molecule has 0 saturated heterocycles. The molecule has 0 aliphatic heterocycles. The molecule has 0 aliphatic rings. The minimum absolute atomic E-state index is 0.559. The number of benzene rings is 1. The van der Waals surface area contributed by atoms with E-state index in [0.717, 1.165) is 17.1 Å². The maximum absolute atomic E-state index is 5.75. The summed E-state index contributed by atoms with van der Waals surface area (Å²) in [5.41, 5.74) is 3.51. The molecule has 0 spiro atoms. The van der Waals surface area contributed by atoms with Gasteiger partial charge in [-0.25, -0.2) is 4.98 Å². The van der Waals surface area contributed by atoms with Crippen molar-refractivity contribution in [1.82, 2.24) is 9.55 Å². The van der Waals surface area contributed by atoms with E-state index in [4.69, 9.17) is 4.74 Å². The van der Waals surface area contributed by atoms with Crippen LogP contribution in [0.5, 0.6) is 5.75 Å². The van der Waals surface area contributed by atoms with Crippen LogP contribution in [-0.2, 0) is 6.61 Å². The summed E-state index contributed by atoms with van der Waals surface area (Å²) < 4.78 is 7.88. The van der Waals surface area contributed by atoms with Crippen molar-refractivity contribution >= 4 is 0 Å². The lowest BCUT2D eigenvalue weighted by Crippen LogP contribution is -2.02. The molecule has 2 heterocycles. The van der Waals surface area contributed by atoms with Crippen molar-refractivity contribution in [3.05, 3.63) is 77.7 Å². The molecular weight excluding hydrogens is 260 g/mol. The van der Waals surface area contributed by atoms with E-state index in [-0.39, 0.29) is 0 Å². The van der Waals surface area contributed by atoms with Crippen LogP contribution < -0.4 is 4.74 Å². The van der Waals surface area contributed by atoms with Gasteiger partial charge in [0.15, 0.2) is 0 Å². The standard InChI is InChI=1S/C18H18N2O/c1-14-8-9-15(2)20(14)18-11-10-17(12-19-18)21-13-16-6-4-3-5-7-16/h3-12H,13H2,1-2H3. The first-order valence-corrected chi connectivity index (χ1v) is 7.02. The monoisotopic (exact) mass is 278 g/mol. The molecule has 0 bridgehead atoms. The average molecular weight is 278 g/mol. The maximum Gasteiger partial charge on any atom is 0.138 e. The first kappa shape index (κ1) is 13.4. The van der Waals surface area contributed by atoms with Gasteiger partial charge in [-0.1, -0.05) is 30.3 Å². The molecule has 0 atom stereocenters. The number of aryl methyl sites for hydroxylation is 2. The number of hydrogen-bond donors (Lipinski definition) is 0. The predicted octanol–water partition coefficient (Wildman–Crippen LogP) is 4.07. The highest BCUT2D eigenvalue weighted by Gasteiger charge is 2.05. The van der Waals surface area contributed by atoms with E-state index in [1.54, 1.807) is 6.20 Å².